The minimum Gasteiger partial charge on any atom is -0.454 e. The first-order valence-corrected chi connectivity index (χ1v) is 6.33. The van der Waals surface area contributed by atoms with Gasteiger partial charge in [0.2, 0.25) is 6.79 Å². The molecule has 0 bridgehead atoms. The molecule has 0 unspecified atom stereocenters. The smallest absolute Gasteiger partial charge is 0.231 e. The third-order valence-corrected chi connectivity index (χ3v) is 3.94. The maximum Gasteiger partial charge on any atom is 0.231 e. The molecular weight excluding hydrogens is 233 g/mol. The zero-order valence-corrected chi connectivity index (χ0v) is 10.8. The van der Waals surface area contributed by atoms with E-state index in [0.717, 1.165) is 24.8 Å². The lowest BCUT2D eigenvalue weighted by Crippen LogP contribution is -2.44. The van der Waals surface area contributed by atoms with E-state index in [2.05, 4.69) is 0 Å². The van der Waals surface area contributed by atoms with Crippen molar-refractivity contribution in [2.24, 2.45) is 5.73 Å². The van der Waals surface area contributed by atoms with Crippen LogP contribution in [0, 0.1) is 0 Å². The van der Waals surface area contributed by atoms with Crippen molar-refractivity contribution in [2.45, 2.75) is 44.3 Å². The highest BCUT2D eigenvalue weighted by Gasteiger charge is 2.40. The molecule has 0 saturated heterocycles. The monoisotopic (exact) mass is 251 g/mol. The highest BCUT2D eigenvalue weighted by atomic mass is 19.1. The van der Waals surface area contributed by atoms with Gasteiger partial charge in [-0.15, -0.1) is 0 Å². The molecule has 3 rings (SSSR count). The average Bonchev–Trinajstić information content (AvgIpc) is 2.69. The van der Waals surface area contributed by atoms with Crippen molar-refractivity contribution in [3.8, 4) is 11.5 Å². The first-order valence-electron chi connectivity index (χ1n) is 6.33. The Bertz CT molecular complexity index is 489. The number of nitrogens with two attached hydrogens (primary N) is 1. The Kier molecular flexibility index (Phi) is 2.36. The van der Waals surface area contributed by atoms with Gasteiger partial charge in [0, 0.05) is 5.54 Å². The summed E-state index contributed by atoms with van der Waals surface area (Å²) in [5, 5.41) is 0. The van der Waals surface area contributed by atoms with Crippen molar-refractivity contribution in [1.29, 1.82) is 0 Å². The van der Waals surface area contributed by atoms with Crippen molar-refractivity contribution >= 4 is 0 Å². The SMILES string of the molecule is CC(C)(F)c1cc2c(cc1C1(N)CCC1)OCO2. The second kappa shape index (κ2) is 3.60. The van der Waals surface area contributed by atoms with Gasteiger partial charge in [0.15, 0.2) is 11.5 Å². The van der Waals surface area contributed by atoms with E-state index < -0.39 is 11.2 Å². The van der Waals surface area contributed by atoms with E-state index in [4.69, 9.17) is 15.2 Å². The van der Waals surface area contributed by atoms with Gasteiger partial charge in [-0.25, -0.2) is 4.39 Å². The summed E-state index contributed by atoms with van der Waals surface area (Å²) in [5.41, 5.74) is 6.00. The fraction of sp³-hybridized carbons (Fsp3) is 0.571. The largest absolute Gasteiger partial charge is 0.454 e. The molecular formula is C14H18FNO2. The van der Waals surface area contributed by atoms with Crippen LogP contribution in [0.15, 0.2) is 12.1 Å². The van der Waals surface area contributed by atoms with Gasteiger partial charge in [0.1, 0.15) is 5.67 Å². The molecule has 3 nitrogen and oxygen atoms in total. The topological polar surface area (TPSA) is 44.5 Å². The maximum atomic E-state index is 14.4. The predicted octanol–water partition coefficient (Wildman–Crippen LogP) is 2.96. The fourth-order valence-corrected chi connectivity index (χ4v) is 2.67. The van der Waals surface area contributed by atoms with E-state index in [0.29, 0.717) is 17.1 Å². The molecule has 4 heteroatoms. The molecule has 1 aromatic rings. The molecule has 1 aromatic carbocycles. The average molecular weight is 251 g/mol. The first kappa shape index (κ1) is 11.8. The van der Waals surface area contributed by atoms with Crippen LogP contribution < -0.4 is 15.2 Å². The van der Waals surface area contributed by atoms with Gasteiger partial charge in [-0.1, -0.05) is 0 Å². The van der Waals surface area contributed by atoms with Crippen LogP contribution in [0.4, 0.5) is 4.39 Å². The quantitative estimate of drug-likeness (QED) is 0.878. The molecule has 1 aliphatic carbocycles. The number of hydrogen-bond donors (Lipinski definition) is 1. The zero-order chi connectivity index (χ0) is 13.0. The van der Waals surface area contributed by atoms with E-state index in [1.807, 2.05) is 6.07 Å². The summed E-state index contributed by atoms with van der Waals surface area (Å²) in [7, 11) is 0. The van der Waals surface area contributed by atoms with Gasteiger partial charge >= 0.3 is 0 Å². The molecule has 0 aromatic heterocycles. The standard InChI is InChI=1S/C14H18FNO2/c1-13(2,15)9-6-11-12(18-8-17-11)7-10(9)14(16)4-3-5-14/h6-7H,3-5,8,16H2,1-2H3. The van der Waals surface area contributed by atoms with Gasteiger partial charge < -0.3 is 15.2 Å². The number of benzene rings is 1. The van der Waals surface area contributed by atoms with Gasteiger partial charge in [0.05, 0.1) is 0 Å². The Labute approximate surface area is 106 Å². The van der Waals surface area contributed by atoms with Crippen LogP contribution in [0.3, 0.4) is 0 Å². The third-order valence-electron chi connectivity index (χ3n) is 3.94. The lowest BCUT2D eigenvalue weighted by Gasteiger charge is -2.41. The van der Waals surface area contributed by atoms with Crippen LogP contribution in [0.2, 0.25) is 0 Å². The molecule has 0 amide bonds. The molecule has 1 aliphatic heterocycles. The highest BCUT2D eigenvalue weighted by molar-refractivity contribution is 5.53. The maximum absolute atomic E-state index is 14.4. The predicted molar refractivity (Wildman–Crippen MR) is 66.4 cm³/mol. The third kappa shape index (κ3) is 1.67. The minimum atomic E-state index is -1.43. The molecule has 0 atom stereocenters. The van der Waals surface area contributed by atoms with Crippen LogP contribution in [-0.2, 0) is 11.2 Å². The normalized spacial score (nSPS) is 20.7. The van der Waals surface area contributed by atoms with Crippen LogP contribution in [-0.4, -0.2) is 6.79 Å². The van der Waals surface area contributed by atoms with E-state index in [1.54, 1.807) is 19.9 Å². The number of halogens is 1. The molecule has 1 heterocycles. The Morgan fingerprint density at radius 3 is 2.33 bits per heavy atom. The highest BCUT2D eigenvalue weighted by Crippen LogP contribution is 2.48. The summed E-state index contributed by atoms with van der Waals surface area (Å²) in [6.45, 7) is 3.30. The number of rotatable bonds is 2. The van der Waals surface area contributed by atoms with Crippen molar-refractivity contribution in [1.82, 2.24) is 0 Å². The van der Waals surface area contributed by atoms with Crippen LogP contribution in [0.1, 0.15) is 44.2 Å². The summed E-state index contributed by atoms with van der Waals surface area (Å²) in [4.78, 5) is 0. The van der Waals surface area contributed by atoms with E-state index >= 15 is 0 Å². The molecule has 1 saturated carbocycles. The summed E-state index contributed by atoms with van der Waals surface area (Å²) < 4.78 is 25.1. The summed E-state index contributed by atoms with van der Waals surface area (Å²) in [6.07, 6.45) is 2.89. The van der Waals surface area contributed by atoms with Gasteiger partial charge in [0.25, 0.3) is 0 Å². The zero-order valence-electron chi connectivity index (χ0n) is 10.8. The van der Waals surface area contributed by atoms with Crippen LogP contribution in [0.5, 0.6) is 11.5 Å². The summed E-state index contributed by atoms with van der Waals surface area (Å²) in [5.74, 6) is 1.29. The molecule has 2 N–H and O–H groups in total. The Morgan fingerprint density at radius 1 is 1.22 bits per heavy atom. The lowest BCUT2D eigenvalue weighted by molar-refractivity contribution is 0.173. The number of alkyl halides is 1. The van der Waals surface area contributed by atoms with Crippen molar-refractivity contribution < 1.29 is 13.9 Å². The van der Waals surface area contributed by atoms with Crippen LogP contribution >= 0.6 is 0 Å². The fourth-order valence-electron chi connectivity index (χ4n) is 2.67. The Morgan fingerprint density at radius 2 is 1.83 bits per heavy atom. The summed E-state index contributed by atoms with van der Waals surface area (Å²) in [6, 6.07) is 3.60. The Balaban J connectivity index is 2.16. The molecule has 0 spiro atoms. The second-order valence-corrected chi connectivity index (χ2v) is 5.73. The van der Waals surface area contributed by atoms with Crippen molar-refractivity contribution in [3.05, 3.63) is 23.3 Å². The van der Waals surface area contributed by atoms with Crippen LogP contribution in [0.25, 0.3) is 0 Å². The molecule has 18 heavy (non-hydrogen) atoms. The molecule has 0 radical (unpaired) electrons. The van der Waals surface area contributed by atoms with E-state index in [9.17, 15) is 4.39 Å². The molecule has 1 fully saturated rings. The minimum absolute atomic E-state index is 0.197. The lowest BCUT2D eigenvalue weighted by atomic mass is 9.69. The van der Waals surface area contributed by atoms with Gasteiger partial charge in [-0.2, -0.15) is 0 Å². The van der Waals surface area contributed by atoms with E-state index in [1.165, 1.54) is 0 Å². The van der Waals surface area contributed by atoms with E-state index in [-0.39, 0.29) is 6.79 Å². The second-order valence-electron chi connectivity index (χ2n) is 5.73. The van der Waals surface area contributed by atoms with Crippen molar-refractivity contribution in [2.75, 3.05) is 6.79 Å². The van der Waals surface area contributed by atoms with Crippen molar-refractivity contribution in [3.63, 3.8) is 0 Å². The number of hydrogen-bond acceptors (Lipinski definition) is 3. The molecule has 2 aliphatic rings. The van der Waals surface area contributed by atoms with Gasteiger partial charge in [-0.05, 0) is 56.4 Å². The number of ether oxygens (including phenoxy) is 2. The summed E-state index contributed by atoms with van der Waals surface area (Å²) >= 11 is 0. The Hall–Kier alpha value is -1.29. The molecule has 98 valence electrons. The number of fused-ring (bicyclic) bond motifs is 1. The first-order chi connectivity index (χ1) is 8.40. The van der Waals surface area contributed by atoms with Gasteiger partial charge in [-0.3, -0.25) is 0 Å².